The molecule has 6 heteroatoms. The number of likely N-dealkylation sites (N-methyl/N-ethyl adjacent to an activating group) is 1. The molecule has 1 aromatic heterocycles. The number of nitrogens with one attached hydrogen (secondary N) is 1. The highest BCUT2D eigenvalue weighted by Crippen LogP contribution is 2.22. The maximum atomic E-state index is 13.5. The summed E-state index contributed by atoms with van der Waals surface area (Å²) in [7, 11) is 7.50. The maximum Gasteiger partial charge on any atom is 0.216 e. The van der Waals surface area contributed by atoms with Crippen LogP contribution < -0.4 is 10.1 Å². The molecule has 0 saturated heterocycles. The summed E-state index contributed by atoms with van der Waals surface area (Å²) in [4.78, 5) is 2.08. The van der Waals surface area contributed by atoms with Crippen molar-refractivity contribution < 1.29 is 9.13 Å². The van der Waals surface area contributed by atoms with Gasteiger partial charge in [0.1, 0.15) is 5.82 Å². The average molecular weight is 320 g/mol. The predicted molar refractivity (Wildman–Crippen MR) is 89.0 cm³/mol. The van der Waals surface area contributed by atoms with E-state index in [1.807, 2.05) is 34.1 Å². The summed E-state index contributed by atoms with van der Waals surface area (Å²) < 4.78 is 20.6. The monoisotopic (exact) mass is 320 g/mol. The first-order chi connectivity index (χ1) is 10.9. The van der Waals surface area contributed by atoms with Gasteiger partial charge in [-0.1, -0.05) is 12.1 Å². The molecular weight excluding hydrogens is 295 g/mol. The van der Waals surface area contributed by atoms with Crippen LogP contribution in [0.5, 0.6) is 5.88 Å². The Morgan fingerprint density at radius 1 is 1.39 bits per heavy atom. The zero-order valence-corrected chi connectivity index (χ0v) is 14.4. The number of hydrogen-bond donors (Lipinski definition) is 1. The van der Waals surface area contributed by atoms with Crippen LogP contribution in [0.3, 0.4) is 0 Å². The third-order valence-corrected chi connectivity index (χ3v) is 3.98. The van der Waals surface area contributed by atoms with Crippen molar-refractivity contribution in [1.82, 2.24) is 20.0 Å². The Morgan fingerprint density at radius 3 is 2.74 bits per heavy atom. The van der Waals surface area contributed by atoms with Gasteiger partial charge in [-0.2, -0.15) is 5.10 Å². The van der Waals surface area contributed by atoms with Crippen molar-refractivity contribution in [2.24, 2.45) is 7.05 Å². The summed E-state index contributed by atoms with van der Waals surface area (Å²) in [5, 5.41) is 7.81. The highest BCUT2D eigenvalue weighted by Gasteiger charge is 2.17. The summed E-state index contributed by atoms with van der Waals surface area (Å²) in [5.74, 6) is 0.557. The van der Waals surface area contributed by atoms with Crippen molar-refractivity contribution in [2.75, 3.05) is 27.7 Å². The lowest BCUT2D eigenvalue weighted by Crippen LogP contribution is -2.31. The van der Waals surface area contributed by atoms with Crippen LogP contribution in [-0.4, -0.2) is 42.4 Å². The van der Waals surface area contributed by atoms with Crippen LogP contribution in [0.4, 0.5) is 4.39 Å². The van der Waals surface area contributed by atoms with E-state index < -0.39 is 0 Å². The minimum absolute atomic E-state index is 0.0914. The average Bonchev–Trinajstić information content (AvgIpc) is 2.76. The molecule has 126 valence electrons. The van der Waals surface area contributed by atoms with Crippen LogP contribution in [0.1, 0.15) is 22.9 Å². The Kier molecular flexibility index (Phi) is 5.74. The highest BCUT2D eigenvalue weighted by atomic mass is 19.1. The van der Waals surface area contributed by atoms with Crippen molar-refractivity contribution in [2.45, 2.75) is 19.5 Å². The van der Waals surface area contributed by atoms with Crippen LogP contribution in [0.15, 0.2) is 24.3 Å². The van der Waals surface area contributed by atoms with Gasteiger partial charge in [-0.15, -0.1) is 0 Å². The fourth-order valence-electron chi connectivity index (χ4n) is 2.79. The molecule has 2 rings (SSSR count). The molecule has 0 amide bonds. The molecule has 0 radical (unpaired) electrons. The van der Waals surface area contributed by atoms with Gasteiger partial charge in [0.25, 0.3) is 0 Å². The minimum Gasteiger partial charge on any atom is -0.481 e. The van der Waals surface area contributed by atoms with E-state index in [9.17, 15) is 4.39 Å². The Labute approximate surface area is 137 Å². The molecule has 0 aliphatic carbocycles. The third kappa shape index (κ3) is 4.09. The van der Waals surface area contributed by atoms with Gasteiger partial charge in [-0.05, 0) is 38.7 Å². The van der Waals surface area contributed by atoms with Crippen molar-refractivity contribution >= 4 is 0 Å². The Bertz CT molecular complexity index is 654. The zero-order valence-electron chi connectivity index (χ0n) is 14.4. The van der Waals surface area contributed by atoms with E-state index in [4.69, 9.17) is 4.74 Å². The first kappa shape index (κ1) is 17.4. The molecule has 1 N–H and O–H groups in total. The molecule has 0 bridgehead atoms. The molecular formula is C17H25FN4O. The lowest BCUT2D eigenvalue weighted by Gasteiger charge is -2.25. The van der Waals surface area contributed by atoms with E-state index in [0.29, 0.717) is 13.1 Å². The molecule has 0 spiro atoms. The second-order valence-electron chi connectivity index (χ2n) is 5.86. The topological polar surface area (TPSA) is 42.3 Å². The molecule has 1 heterocycles. The number of methoxy groups -OCH3 is 1. The SMILES string of the molecule is COc1c(CNCC(c2cccc(F)c2)N(C)C)c(C)nn1C. The predicted octanol–water partition coefficient (Wildman–Crippen LogP) is 2.27. The number of aromatic nitrogens is 2. The number of benzene rings is 1. The van der Waals surface area contributed by atoms with Crippen LogP contribution >= 0.6 is 0 Å². The maximum absolute atomic E-state index is 13.5. The quantitative estimate of drug-likeness (QED) is 0.850. The van der Waals surface area contributed by atoms with Crippen molar-refractivity contribution in [1.29, 1.82) is 0 Å². The van der Waals surface area contributed by atoms with E-state index in [1.54, 1.807) is 23.9 Å². The van der Waals surface area contributed by atoms with Gasteiger partial charge >= 0.3 is 0 Å². The Morgan fingerprint density at radius 2 is 2.13 bits per heavy atom. The molecule has 1 atom stereocenters. The Hall–Kier alpha value is -1.92. The van der Waals surface area contributed by atoms with E-state index in [-0.39, 0.29) is 11.9 Å². The van der Waals surface area contributed by atoms with E-state index in [2.05, 4.69) is 15.3 Å². The normalized spacial score (nSPS) is 12.7. The van der Waals surface area contributed by atoms with E-state index in [0.717, 1.165) is 22.7 Å². The molecule has 1 unspecified atom stereocenters. The van der Waals surface area contributed by atoms with Crippen LogP contribution in [0.2, 0.25) is 0 Å². The molecule has 0 saturated carbocycles. The van der Waals surface area contributed by atoms with Gasteiger partial charge < -0.3 is 15.0 Å². The first-order valence-electron chi connectivity index (χ1n) is 7.63. The summed E-state index contributed by atoms with van der Waals surface area (Å²) in [5.41, 5.74) is 2.95. The number of nitrogens with zero attached hydrogens (tertiary/aromatic N) is 3. The molecule has 0 aliphatic heterocycles. The summed E-state index contributed by atoms with van der Waals surface area (Å²) in [6.45, 7) is 3.33. The number of ether oxygens (including phenoxy) is 1. The molecule has 23 heavy (non-hydrogen) atoms. The fourth-order valence-corrected chi connectivity index (χ4v) is 2.79. The fraction of sp³-hybridized carbons (Fsp3) is 0.471. The van der Waals surface area contributed by atoms with Crippen LogP contribution in [0, 0.1) is 12.7 Å². The summed E-state index contributed by atoms with van der Waals surface area (Å²) in [6.07, 6.45) is 0. The van der Waals surface area contributed by atoms with Gasteiger partial charge in [0, 0.05) is 26.2 Å². The largest absolute Gasteiger partial charge is 0.481 e. The van der Waals surface area contributed by atoms with Crippen molar-refractivity contribution in [3.63, 3.8) is 0 Å². The standard InChI is InChI=1S/C17H25FN4O/c1-12-15(17(23-5)22(4)20-12)10-19-11-16(21(2)3)13-7-6-8-14(18)9-13/h6-9,16,19H,10-11H2,1-5H3. The molecule has 0 fully saturated rings. The van der Waals surface area contributed by atoms with Gasteiger partial charge in [0.15, 0.2) is 0 Å². The van der Waals surface area contributed by atoms with E-state index in [1.165, 1.54) is 6.07 Å². The summed E-state index contributed by atoms with van der Waals surface area (Å²) >= 11 is 0. The van der Waals surface area contributed by atoms with Gasteiger partial charge in [0.2, 0.25) is 5.88 Å². The number of rotatable bonds is 7. The molecule has 0 aliphatic rings. The smallest absolute Gasteiger partial charge is 0.216 e. The van der Waals surface area contributed by atoms with Gasteiger partial charge in [-0.25, -0.2) is 9.07 Å². The Balaban J connectivity index is 2.06. The second kappa shape index (κ2) is 7.57. The molecule has 5 nitrogen and oxygen atoms in total. The lowest BCUT2D eigenvalue weighted by molar-refractivity contribution is 0.287. The first-order valence-corrected chi connectivity index (χ1v) is 7.63. The van der Waals surface area contributed by atoms with E-state index >= 15 is 0 Å². The summed E-state index contributed by atoms with van der Waals surface area (Å²) in [6, 6.07) is 6.84. The molecule has 1 aromatic carbocycles. The number of hydrogen-bond acceptors (Lipinski definition) is 4. The van der Waals surface area contributed by atoms with Gasteiger partial charge in [-0.3, -0.25) is 0 Å². The number of aryl methyl sites for hydroxylation is 2. The second-order valence-corrected chi connectivity index (χ2v) is 5.86. The zero-order chi connectivity index (χ0) is 17.0. The highest BCUT2D eigenvalue weighted by molar-refractivity contribution is 5.30. The third-order valence-electron chi connectivity index (χ3n) is 3.98. The van der Waals surface area contributed by atoms with Crippen LogP contribution in [-0.2, 0) is 13.6 Å². The van der Waals surface area contributed by atoms with Crippen molar-refractivity contribution in [3.05, 3.63) is 46.9 Å². The van der Waals surface area contributed by atoms with Gasteiger partial charge in [0.05, 0.1) is 18.4 Å². The van der Waals surface area contributed by atoms with Crippen LogP contribution in [0.25, 0.3) is 0 Å². The molecule has 2 aromatic rings. The van der Waals surface area contributed by atoms with Crippen molar-refractivity contribution in [3.8, 4) is 5.88 Å². The minimum atomic E-state index is -0.209. The lowest BCUT2D eigenvalue weighted by atomic mass is 10.1. The number of halogens is 1.